The quantitative estimate of drug-likeness (QED) is 0.546. The SMILES string of the molecule is CO/C=C1\CC(C)(C)[C@@H](C)[C@H]1C. The summed E-state index contributed by atoms with van der Waals surface area (Å²) < 4.78 is 5.08. The van der Waals surface area contributed by atoms with Crippen molar-refractivity contribution in [1.29, 1.82) is 0 Å². The van der Waals surface area contributed by atoms with E-state index in [1.165, 1.54) is 12.0 Å². The van der Waals surface area contributed by atoms with Gasteiger partial charge in [0.1, 0.15) is 0 Å². The average Bonchev–Trinajstić information content (AvgIpc) is 2.16. The standard InChI is InChI=1S/C11H20O/c1-8-9(2)11(3,4)6-10(8)7-12-5/h7-9H,6H2,1-5H3/b10-7+/t8-,9+/m1/s1. The lowest BCUT2D eigenvalue weighted by Gasteiger charge is -2.24. The minimum Gasteiger partial charge on any atom is -0.504 e. The predicted octanol–water partition coefficient (Wildman–Crippen LogP) is 3.22. The molecule has 0 radical (unpaired) electrons. The average molecular weight is 168 g/mol. The van der Waals surface area contributed by atoms with Crippen LogP contribution in [-0.4, -0.2) is 7.11 Å². The molecule has 0 aromatic carbocycles. The van der Waals surface area contributed by atoms with Gasteiger partial charge in [-0.3, -0.25) is 0 Å². The highest BCUT2D eigenvalue weighted by molar-refractivity contribution is 5.15. The summed E-state index contributed by atoms with van der Waals surface area (Å²) in [5.74, 6) is 1.44. The Labute approximate surface area is 75.8 Å². The first-order valence-corrected chi connectivity index (χ1v) is 4.71. The maximum atomic E-state index is 5.08. The second kappa shape index (κ2) is 3.12. The van der Waals surface area contributed by atoms with Crippen LogP contribution in [0.3, 0.4) is 0 Å². The molecule has 1 saturated carbocycles. The topological polar surface area (TPSA) is 9.23 Å². The van der Waals surface area contributed by atoms with Crippen molar-refractivity contribution in [2.45, 2.75) is 34.1 Å². The molecule has 0 spiro atoms. The van der Waals surface area contributed by atoms with E-state index in [4.69, 9.17) is 4.74 Å². The fraction of sp³-hybridized carbons (Fsp3) is 0.818. The Kier molecular flexibility index (Phi) is 2.50. The molecule has 0 aromatic heterocycles. The van der Waals surface area contributed by atoms with Crippen molar-refractivity contribution in [3.05, 3.63) is 11.8 Å². The van der Waals surface area contributed by atoms with Crippen molar-refractivity contribution >= 4 is 0 Å². The van der Waals surface area contributed by atoms with E-state index >= 15 is 0 Å². The Bertz CT molecular complexity index is 191. The Hall–Kier alpha value is -0.460. The largest absolute Gasteiger partial charge is 0.504 e. The number of ether oxygens (including phenoxy) is 1. The summed E-state index contributed by atoms with van der Waals surface area (Å²) in [5, 5.41) is 0. The molecule has 1 rings (SSSR count). The first-order chi connectivity index (χ1) is 5.49. The first kappa shape index (κ1) is 9.63. The van der Waals surface area contributed by atoms with E-state index in [1.807, 2.05) is 6.26 Å². The van der Waals surface area contributed by atoms with Crippen LogP contribution in [0.4, 0.5) is 0 Å². The van der Waals surface area contributed by atoms with E-state index in [9.17, 15) is 0 Å². The third-order valence-electron chi connectivity index (χ3n) is 3.50. The molecule has 1 aliphatic carbocycles. The van der Waals surface area contributed by atoms with Crippen LogP contribution in [-0.2, 0) is 4.74 Å². The molecule has 1 nitrogen and oxygen atoms in total. The Morgan fingerprint density at radius 3 is 2.33 bits per heavy atom. The highest BCUT2D eigenvalue weighted by Gasteiger charge is 2.39. The second-order valence-electron chi connectivity index (χ2n) is 4.67. The molecule has 12 heavy (non-hydrogen) atoms. The molecule has 0 unspecified atom stereocenters. The lowest BCUT2D eigenvalue weighted by atomic mass is 9.81. The molecule has 0 heterocycles. The van der Waals surface area contributed by atoms with Crippen LogP contribution in [0.25, 0.3) is 0 Å². The molecule has 1 heteroatoms. The zero-order valence-corrected chi connectivity index (χ0v) is 8.85. The summed E-state index contributed by atoms with van der Waals surface area (Å²) in [6, 6.07) is 0. The van der Waals surface area contributed by atoms with Crippen molar-refractivity contribution in [2.24, 2.45) is 17.3 Å². The normalized spacial score (nSPS) is 37.2. The molecule has 0 aromatic rings. The maximum absolute atomic E-state index is 5.08. The first-order valence-electron chi connectivity index (χ1n) is 4.71. The summed E-state index contributed by atoms with van der Waals surface area (Å²) in [5.41, 5.74) is 1.92. The van der Waals surface area contributed by atoms with Crippen LogP contribution < -0.4 is 0 Å². The van der Waals surface area contributed by atoms with Crippen molar-refractivity contribution in [2.75, 3.05) is 7.11 Å². The predicted molar refractivity (Wildman–Crippen MR) is 51.8 cm³/mol. The molecule has 1 aliphatic rings. The molecule has 70 valence electrons. The molecular weight excluding hydrogens is 148 g/mol. The van der Waals surface area contributed by atoms with Crippen molar-refractivity contribution in [3.8, 4) is 0 Å². The van der Waals surface area contributed by atoms with Crippen LogP contribution >= 0.6 is 0 Å². The fourth-order valence-electron chi connectivity index (χ4n) is 2.15. The van der Waals surface area contributed by atoms with Gasteiger partial charge in [0.25, 0.3) is 0 Å². The molecule has 0 amide bonds. The summed E-state index contributed by atoms with van der Waals surface area (Å²) in [7, 11) is 1.73. The van der Waals surface area contributed by atoms with Gasteiger partial charge >= 0.3 is 0 Å². The van der Waals surface area contributed by atoms with E-state index in [0.717, 1.165) is 5.92 Å². The lowest BCUT2D eigenvalue weighted by molar-refractivity contribution is 0.248. The number of hydrogen-bond donors (Lipinski definition) is 0. The molecule has 2 atom stereocenters. The van der Waals surface area contributed by atoms with Gasteiger partial charge in [-0.25, -0.2) is 0 Å². The summed E-state index contributed by atoms with van der Waals surface area (Å²) >= 11 is 0. The van der Waals surface area contributed by atoms with Crippen LogP contribution in [0.1, 0.15) is 34.1 Å². The van der Waals surface area contributed by atoms with Crippen LogP contribution in [0.15, 0.2) is 11.8 Å². The Morgan fingerprint density at radius 2 is 2.00 bits per heavy atom. The van der Waals surface area contributed by atoms with E-state index in [0.29, 0.717) is 11.3 Å². The number of rotatable bonds is 1. The van der Waals surface area contributed by atoms with Gasteiger partial charge in [0, 0.05) is 0 Å². The third kappa shape index (κ3) is 1.50. The van der Waals surface area contributed by atoms with Gasteiger partial charge in [-0.1, -0.05) is 27.7 Å². The maximum Gasteiger partial charge on any atom is 0.0819 e. The Balaban J connectivity index is 2.81. The number of methoxy groups -OCH3 is 1. The van der Waals surface area contributed by atoms with Crippen molar-refractivity contribution < 1.29 is 4.74 Å². The minimum absolute atomic E-state index is 0.448. The fourth-order valence-corrected chi connectivity index (χ4v) is 2.15. The van der Waals surface area contributed by atoms with Gasteiger partial charge < -0.3 is 4.74 Å². The smallest absolute Gasteiger partial charge is 0.0819 e. The molecule has 1 fully saturated rings. The van der Waals surface area contributed by atoms with Gasteiger partial charge in [0.2, 0.25) is 0 Å². The van der Waals surface area contributed by atoms with Gasteiger partial charge in [-0.15, -0.1) is 0 Å². The molecule has 0 aliphatic heterocycles. The monoisotopic (exact) mass is 168 g/mol. The van der Waals surface area contributed by atoms with Crippen LogP contribution in [0, 0.1) is 17.3 Å². The van der Waals surface area contributed by atoms with E-state index < -0.39 is 0 Å². The molecular formula is C11H20O. The van der Waals surface area contributed by atoms with Crippen molar-refractivity contribution in [3.63, 3.8) is 0 Å². The van der Waals surface area contributed by atoms with Crippen LogP contribution in [0.2, 0.25) is 0 Å². The van der Waals surface area contributed by atoms with Gasteiger partial charge in [-0.05, 0) is 29.2 Å². The number of allylic oxidation sites excluding steroid dienone is 1. The summed E-state index contributed by atoms with van der Waals surface area (Å²) in [6.07, 6.45) is 3.11. The van der Waals surface area contributed by atoms with E-state index in [1.54, 1.807) is 7.11 Å². The van der Waals surface area contributed by atoms with Gasteiger partial charge in [0.05, 0.1) is 13.4 Å². The van der Waals surface area contributed by atoms with E-state index in [-0.39, 0.29) is 0 Å². The summed E-state index contributed by atoms with van der Waals surface area (Å²) in [6.45, 7) is 9.31. The number of hydrogen-bond acceptors (Lipinski definition) is 1. The summed E-state index contributed by atoms with van der Waals surface area (Å²) in [4.78, 5) is 0. The van der Waals surface area contributed by atoms with Gasteiger partial charge in [-0.2, -0.15) is 0 Å². The third-order valence-corrected chi connectivity index (χ3v) is 3.50. The lowest BCUT2D eigenvalue weighted by Crippen LogP contribution is -2.17. The molecule has 0 N–H and O–H groups in total. The molecule has 0 bridgehead atoms. The highest BCUT2D eigenvalue weighted by atomic mass is 16.5. The zero-order valence-electron chi connectivity index (χ0n) is 8.85. The minimum atomic E-state index is 0.448. The van der Waals surface area contributed by atoms with Crippen LogP contribution in [0.5, 0.6) is 0 Å². The van der Waals surface area contributed by atoms with Gasteiger partial charge in [0.15, 0.2) is 0 Å². The highest BCUT2D eigenvalue weighted by Crippen LogP contribution is 2.48. The van der Waals surface area contributed by atoms with Crippen molar-refractivity contribution in [1.82, 2.24) is 0 Å². The molecule has 0 saturated heterocycles. The van der Waals surface area contributed by atoms with E-state index in [2.05, 4.69) is 27.7 Å². The second-order valence-corrected chi connectivity index (χ2v) is 4.67. The Morgan fingerprint density at radius 1 is 1.42 bits per heavy atom. The zero-order chi connectivity index (χ0) is 9.35.